The van der Waals surface area contributed by atoms with Gasteiger partial charge in [-0.3, -0.25) is 0 Å². The van der Waals surface area contributed by atoms with Crippen molar-refractivity contribution in [1.82, 2.24) is 4.98 Å². The van der Waals surface area contributed by atoms with Gasteiger partial charge in [-0.2, -0.15) is 0 Å². The molecule has 0 saturated heterocycles. The van der Waals surface area contributed by atoms with E-state index in [0.29, 0.717) is 5.92 Å². The Kier molecular flexibility index (Phi) is 10.9. The molecular weight excluding hydrogens is 412 g/mol. The van der Waals surface area contributed by atoms with Crippen LogP contribution in [0.25, 0.3) is 0 Å². The molecule has 0 fully saturated rings. The zero-order valence-electron chi connectivity index (χ0n) is 21.9. The average Bonchev–Trinajstić information content (AvgIpc) is 3.34. The van der Waals surface area contributed by atoms with Gasteiger partial charge in [-0.05, 0) is 30.4 Å². The maximum absolute atomic E-state index is 3.62. The molecule has 1 aromatic heterocycles. The van der Waals surface area contributed by atoms with E-state index < -0.39 is 0 Å². The lowest BCUT2D eigenvalue weighted by Gasteiger charge is -2.34. The highest BCUT2D eigenvalue weighted by Crippen LogP contribution is 2.40. The topological polar surface area (TPSA) is 19.7 Å². The van der Waals surface area contributed by atoms with E-state index in [2.05, 4.69) is 103 Å². The first-order valence-electron chi connectivity index (χ1n) is 13.8. The van der Waals surface area contributed by atoms with E-state index in [1.807, 2.05) is 0 Å². The van der Waals surface area contributed by atoms with Crippen LogP contribution >= 0.6 is 0 Å². The Balaban J connectivity index is 1.59. The quantitative estimate of drug-likeness (QED) is 0.164. The highest BCUT2D eigenvalue weighted by atomic mass is 15.1. The first-order valence-corrected chi connectivity index (χ1v) is 13.8. The number of aromatic amines is 1. The SMILES string of the molecule is CCCCCCCCCCCC[n+]1cc[nH]c1C(C)C(C)(Cc1ccccc1)c1ccccc1. The predicted octanol–water partition coefficient (Wildman–Crippen LogP) is 8.53. The van der Waals surface area contributed by atoms with Gasteiger partial charge in [0.15, 0.2) is 0 Å². The van der Waals surface area contributed by atoms with Crippen molar-refractivity contribution in [1.29, 1.82) is 0 Å². The van der Waals surface area contributed by atoms with Crippen LogP contribution in [0.15, 0.2) is 73.1 Å². The van der Waals surface area contributed by atoms with Crippen LogP contribution in [0, 0.1) is 0 Å². The molecule has 0 saturated carbocycles. The van der Waals surface area contributed by atoms with E-state index >= 15 is 0 Å². The molecule has 0 aliphatic carbocycles. The number of benzene rings is 2. The minimum Gasteiger partial charge on any atom is -0.247 e. The van der Waals surface area contributed by atoms with Crippen LogP contribution in [0.5, 0.6) is 0 Å². The van der Waals surface area contributed by atoms with E-state index in [9.17, 15) is 0 Å². The van der Waals surface area contributed by atoms with Gasteiger partial charge in [-0.25, -0.2) is 9.55 Å². The average molecular weight is 460 g/mol. The first kappa shape index (κ1) is 26.3. The molecule has 2 atom stereocenters. The summed E-state index contributed by atoms with van der Waals surface area (Å²) in [5.41, 5.74) is 2.81. The normalized spacial score (nSPS) is 14.1. The number of aryl methyl sites for hydroxylation is 1. The zero-order chi connectivity index (χ0) is 24.1. The van der Waals surface area contributed by atoms with Crippen molar-refractivity contribution in [2.45, 2.75) is 109 Å². The number of imidazole rings is 1. The molecule has 0 amide bonds. The van der Waals surface area contributed by atoms with Crippen LogP contribution in [0.3, 0.4) is 0 Å². The molecule has 1 N–H and O–H groups in total. The second-order valence-corrected chi connectivity index (χ2v) is 10.4. The summed E-state index contributed by atoms with van der Waals surface area (Å²) in [6.45, 7) is 8.23. The van der Waals surface area contributed by atoms with Gasteiger partial charge >= 0.3 is 0 Å². The lowest BCUT2D eigenvalue weighted by atomic mass is 9.68. The molecule has 184 valence electrons. The van der Waals surface area contributed by atoms with Gasteiger partial charge in [0.05, 0.1) is 12.5 Å². The summed E-state index contributed by atoms with van der Waals surface area (Å²) < 4.78 is 2.47. The lowest BCUT2D eigenvalue weighted by molar-refractivity contribution is -0.705. The number of hydrogen-bond donors (Lipinski definition) is 1. The van der Waals surface area contributed by atoms with Crippen LogP contribution in [0.2, 0.25) is 0 Å². The van der Waals surface area contributed by atoms with Crippen LogP contribution in [-0.4, -0.2) is 4.98 Å². The van der Waals surface area contributed by atoms with Crippen molar-refractivity contribution < 1.29 is 4.57 Å². The van der Waals surface area contributed by atoms with Gasteiger partial charge in [0.1, 0.15) is 12.4 Å². The Hall–Kier alpha value is -2.35. The summed E-state index contributed by atoms with van der Waals surface area (Å²) in [5.74, 6) is 1.71. The number of rotatable bonds is 16. The van der Waals surface area contributed by atoms with Crippen LogP contribution in [0.4, 0.5) is 0 Å². The van der Waals surface area contributed by atoms with Gasteiger partial charge in [0.2, 0.25) is 0 Å². The van der Waals surface area contributed by atoms with Crippen molar-refractivity contribution >= 4 is 0 Å². The van der Waals surface area contributed by atoms with E-state index in [0.717, 1.165) is 13.0 Å². The maximum atomic E-state index is 3.62. The molecule has 34 heavy (non-hydrogen) atoms. The minimum atomic E-state index is 0.00694. The van der Waals surface area contributed by atoms with Gasteiger partial charge in [0.25, 0.3) is 5.82 Å². The molecule has 0 aliphatic heterocycles. The summed E-state index contributed by atoms with van der Waals surface area (Å²) in [5, 5.41) is 0. The smallest absolute Gasteiger partial charge is 0.247 e. The summed E-state index contributed by atoms with van der Waals surface area (Å²) >= 11 is 0. The molecule has 2 heteroatoms. The van der Waals surface area contributed by atoms with Gasteiger partial charge in [0, 0.05) is 5.41 Å². The predicted molar refractivity (Wildman–Crippen MR) is 145 cm³/mol. The molecular formula is C32H47N2+. The largest absolute Gasteiger partial charge is 0.257 e. The maximum Gasteiger partial charge on any atom is 0.257 e. The summed E-state index contributed by atoms with van der Waals surface area (Å²) in [6, 6.07) is 22.0. The molecule has 3 rings (SSSR count). The molecule has 0 aliphatic rings. The third-order valence-electron chi connectivity index (χ3n) is 7.76. The number of nitrogens with zero attached hydrogens (tertiary/aromatic N) is 1. The minimum absolute atomic E-state index is 0.00694. The van der Waals surface area contributed by atoms with E-state index in [1.54, 1.807) is 0 Å². The molecule has 2 aromatic carbocycles. The third kappa shape index (κ3) is 7.58. The molecule has 0 bridgehead atoms. The number of hydrogen-bond acceptors (Lipinski definition) is 0. The van der Waals surface area contributed by atoms with Gasteiger partial charge in [-0.1, -0.05) is 133 Å². The first-order chi connectivity index (χ1) is 16.6. The molecule has 0 spiro atoms. The van der Waals surface area contributed by atoms with Crippen molar-refractivity contribution in [3.8, 4) is 0 Å². The Morgan fingerprint density at radius 1 is 0.765 bits per heavy atom. The Morgan fingerprint density at radius 2 is 1.32 bits per heavy atom. The Bertz CT molecular complexity index is 914. The number of nitrogens with one attached hydrogen (secondary N) is 1. The third-order valence-corrected chi connectivity index (χ3v) is 7.76. The number of aromatic nitrogens is 2. The summed E-state index contributed by atoms with van der Waals surface area (Å²) in [4.78, 5) is 3.62. The fraction of sp³-hybridized carbons (Fsp3) is 0.531. The standard InChI is InChI=1S/C32H46N2/c1-4-5-6-7-8-9-10-11-12-19-25-34-26-24-33-31(34)28(2)32(3,30-22-17-14-18-23-30)27-29-20-15-13-16-21-29/h13-18,20-24,26,28H,4-12,19,25,27H2,1-3H3/p+1. The molecule has 3 aromatic rings. The molecule has 0 radical (unpaired) electrons. The second kappa shape index (κ2) is 14.1. The van der Waals surface area contributed by atoms with Crippen LogP contribution in [-0.2, 0) is 18.4 Å². The van der Waals surface area contributed by atoms with Crippen molar-refractivity contribution in [2.75, 3.05) is 0 Å². The van der Waals surface area contributed by atoms with Crippen LogP contribution < -0.4 is 4.57 Å². The number of H-pyrrole nitrogens is 1. The van der Waals surface area contributed by atoms with Gasteiger partial charge in [-0.15, -0.1) is 0 Å². The Morgan fingerprint density at radius 3 is 1.94 bits per heavy atom. The zero-order valence-corrected chi connectivity index (χ0v) is 21.9. The molecule has 2 nitrogen and oxygen atoms in total. The lowest BCUT2D eigenvalue weighted by Crippen LogP contribution is -2.42. The van der Waals surface area contributed by atoms with Crippen molar-refractivity contribution in [3.05, 3.63) is 90.0 Å². The van der Waals surface area contributed by atoms with E-state index in [4.69, 9.17) is 0 Å². The van der Waals surface area contributed by atoms with Crippen molar-refractivity contribution in [2.24, 2.45) is 0 Å². The number of unbranched alkanes of at least 4 members (excludes halogenated alkanes) is 9. The summed E-state index contributed by atoms with van der Waals surface area (Å²) in [6.07, 6.45) is 19.2. The van der Waals surface area contributed by atoms with Crippen LogP contribution in [0.1, 0.15) is 108 Å². The van der Waals surface area contributed by atoms with Crippen molar-refractivity contribution in [3.63, 3.8) is 0 Å². The second-order valence-electron chi connectivity index (χ2n) is 10.4. The molecule has 1 heterocycles. The Labute approximate surface area is 208 Å². The van der Waals surface area contributed by atoms with Gasteiger partial charge < -0.3 is 0 Å². The van der Waals surface area contributed by atoms with E-state index in [-0.39, 0.29) is 5.41 Å². The highest BCUT2D eigenvalue weighted by molar-refractivity contribution is 5.32. The molecule has 2 unspecified atom stereocenters. The fourth-order valence-electron chi connectivity index (χ4n) is 5.36. The monoisotopic (exact) mass is 459 g/mol. The fourth-order valence-corrected chi connectivity index (χ4v) is 5.36. The van der Waals surface area contributed by atoms with E-state index in [1.165, 1.54) is 81.2 Å². The summed E-state index contributed by atoms with van der Waals surface area (Å²) in [7, 11) is 0. The highest BCUT2D eigenvalue weighted by Gasteiger charge is 2.39.